The lowest BCUT2D eigenvalue weighted by atomic mass is 9.97. The number of benzene rings is 2. The fraction of sp³-hybridized carbons (Fsp3) is 0.333. The number of nitrogens with two attached hydrogens (primary N) is 1. The molecule has 22 heavy (non-hydrogen) atoms. The maximum Gasteiger partial charge on any atom is 0.120 e. The van der Waals surface area contributed by atoms with Gasteiger partial charge in [-0.25, -0.2) is 10.9 Å². The van der Waals surface area contributed by atoms with E-state index in [1.54, 1.807) is 0 Å². The Balaban J connectivity index is 1.72. The van der Waals surface area contributed by atoms with Crippen LogP contribution in [0.4, 0.5) is 5.69 Å². The van der Waals surface area contributed by atoms with Crippen LogP contribution in [0.5, 0.6) is 5.75 Å². The molecular weight excluding hydrogens is 274 g/mol. The molecule has 0 bridgehead atoms. The van der Waals surface area contributed by atoms with E-state index in [1.807, 2.05) is 44.2 Å². The highest BCUT2D eigenvalue weighted by Crippen LogP contribution is 2.32. The topological polar surface area (TPSA) is 59.3 Å². The first-order chi connectivity index (χ1) is 10.6. The van der Waals surface area contributed by atoms with E-state index in [1.165, 1.54) is 11.1 Å². The van der Waals surface area contributed by atoms with Gasteiger partial charge in [0.05, 0.1) is 6.10 Å². The van der Waals surface area contributed by atoms with Gasteiger partial charge in [0.15, 0.2) is 0 Å². The van der Waals surface area contributed by atoms with Crippen molar-refractivity contribution in [2.24, 2.45) is 0 Å². The third-order valence-electron chi connectivity index (χ3n) is 3.85. The molecule has 0 aromatic heterocycles. The van der Waals surface area contributed by atoms with Crippen LogP contribution in [-0.2, 0) is 0 Å². The number of rotatable bonds is 4. The average molecular weight is 297 g/mol. The van der Waals surface area contributed by atoms with E-state index in [0.717, 1.165) is 17.9 Å². The summed E-state index contributed by atoms with van der Waals surface area (Å²) in [6, 6.07) is 16.9. The van der Waals surface area contributed by atoms with Crippen molar-refractivity contribution in [2.45, 2.75) is 38.5 Å². The van der Waals surface area contributed by atoms with Crippen LogP contribution in [0.15, 0.2) is 48.5 Å². The van der Waals surface area contributed by atoms with Gasteiger partial charge in [0, 0.05) is 17.8 Å². The molecule has 4 nitrogen and oxygen atoms in total. The molecular formula is C18H23N3O. The molecule has 2 atom stereocenters. The largest absolute Gasteiger partial charge is 0.491 e. The van der Waals surface area contributed by atoms with Gasteiger partial charge in [0.2, 0.25) is 0 Å². The molecule has 2 aromatic carbocycles. The first kappa shape index (κ1) is 14.9. The molecule has 1 aliphatic heterocycles. The average Bonchev–Trinajstić information content (AvgIpc) is 2.97. The molecule has 1 heterocycles. The Labute approximate surface area is 131 Å². The monoisotopic (exact) mass is 297 g/mol. The van der Waals surface area contributed by atoms with Gasteiger partial charge in [-0.3, -0.25) is 0 Å². The van der Waals surface area contributed by atoms with Crippen molar-refractivity contribution < 1.29 is 4.74 Å². The van der Waals surface area contributed by atoms with Crippen molar-refractivity contribution in [1.29, 1.82) is 0 Å². The summed E-state index contributed by atoms with van der Waals surface area (Å²) in [5.41, 5.74) is 15.9. The standard InChI is InChI=1S/C18H23N3O/c1-12(2)22-16-8-4-6-14(10-16)18-11-17(20-21-18)13-5-3-7-15(19)9-13/h3-10,12,17-18,20-21H,11,19H2,1-2H3. The summed E-state index contributed by atoms with van der Waals surface area (Å²) >= 11 is 0. The van der Waals surface area contributed by atoms with Crippen LogP contribution in [0, 0.1) is 0 Å². The lowest BCUT2D eigenvalue weighted by molar-refractivity contribution is 0.242. The second kappa shape index (κ2) is 6.38. The second-order valence-corrected chi connectivity index (χ2v) is 6.04. The number of nitrogens with one attached hydrogen (secondary N) is 2. The number of hydrogen-bond donors (Lipinski definition) is 3. The van der Waals surface area contributed by atoms with Crippen LogP contribution in [0.3, 0.4) is 0 Å². The van der Waals surface area contributed by atoms with Gasteiger partial charge in [-0.2, -0.15) is 0 Å². The molecule has 0 radical (unpaired) electrons. The van der Waals surface area contributed by atoms with Gasteiger partial charge in [-0.05, 0) is 55.7 Å². The van der Waals surface area contributed by atoms with Crippen LogP contribution >= 0.6 is 0 Å². The molecule has 0 spiro atoms. The third-order valence-corrected chi connectivity index (χ3v) is 3.85. The van der Waals surface area contributed by atoms with E-state index in [2.05, 4.69) is 29.1 Å². The van der Waals surface area contributed by atoms with Gasteiger partial charge in [0.1, 0.15) is 5.75 Å². The molecule has 116 valence electrons. The molecule has 4 N–H and O–H groups in total. The minimum absolute atomic E-state index is 0.185. The van der Waals surface area contributed by atoms with Crippen LogP contribution in [0.2, 0.25) is 0 Å². The maximum absolute atomic E-state index is 5.87. The molecule has 1 saturated heterocycles. The Morgan fingerprint density at radius 2 is 1.64 bits per heavy atom. The van der Waals surface area contributed by atoms with E-state index >= 15 is 0 Å². The second-order valence-electron chi connectivity index (χ2n) is 6.04. The van der Waals surface area contributed by atoms with Gasteiger partial charge in [-0.15, -0.1) is 0 Å². The molecule has 2 aromatic rings. The zero-order chi connectivity index (χ0) is 15.5. The predicted octanol–water partition coefficient (Wildman–Crippen LogP) is 3.34. The summed E-state index contributed by atoms with van der Waals surface area (Å²) in [5, 5.41) is 0. The highest BCUT2D eigenvalue weighted by molar-refractivity contribution is 5.42. The van der Waals surface area contributed by atoms with Crippen molar-refractivity contribution in [3.8, 4) is 5.75 Å². The van der Waals surface area contributed by atoms with Crippen LogP contribution in [0.1, 0.15) is 43.5 Å². The summed E-state index contributed by atoms with van der Waals surface area (Å²) in [4.78, 5) is 0. The maximum atomic E-state index is 5.87. The van der Waals surface area contributed by atoms with E-state index in [-0.39, 0.29) is 18.2 Å². The van der Waals surface area contributed by atoms with Crippen molar-refractivity contribution in [3.63, 3.8) is 0 Å². The van der Waals surface area contributed by atoms with Crippen LogP contribution in [-0.4, -0.2) is 6.10 Å². The zero-order valence-corrected chi connectivity index (χ0v) is 13.0. The number of hydrazine groups is 1. The van der Waals surface area contributed by atoms with E-state index in [4.69, 9.17) is 10.5 Å². The number of ether oxygens (including phenoxy) is 1. The molecule has 4 heteroatoms. The Bertz CT molecular complexity index is 642. The fourth-order valence-corrected chi connectivity index (χ4v) is 2.85. The van der Waals surface area contributed by atoms with Gasteiger partial charge in [-0.1, -0.05) is 24.3 Å². The molecule has 1 fully saturated rings. The molecule has 2 unspecified atom stereocenters. The first-order valence-corrected chi connectivity index (χ1v) is 7.75. The SMILES string of the molecule is CC(C)Oc1cccc(C2CC(c3cccc(N)c3)NN2)c1. The summed E-state index contributed by atoms with van der Waals surface area (Å²) in [5.74, 6) is 0.918. The van der Waals surface area contributed by atoms with Crippen molar-refractivity contribution >= 4 is 5.69 Å². The van der Waals surface area contributed by atoms with E-state index in [0.29, 0.717) is 0 Å². The van der Waals surface area contributed by atoms with Gasteiger partial charge < -0.3 is 10.5 Å². The Hall–Kier alpha value is -2.04. The van der Waals surface area contributed by atoms with Gasteiger partial charge >= 0.3 is 0 Å². The summed E-state index contributed by atoms with van der Waals surface area (Å²) < 4.78 is 5.78. The summed E-state index contributed by atoms with van der Waals surface area (Å²) in [6.07, 6.45) is 1.17. The summed E-state index contributed by atoms with van der Waals surface area (Å²) in [7, 11) is 0. The molecule has 0 aliphatic carbocycles. The van der Waals surface area contributed by atoms with Crippen LogP contribution < -0.4 is 21.3 Å². The van der Waals surface area contributed by atoms with Crippen LogP contribution in [0.25, 0.3) is 0 Å². The minimum Gasteiger partial charge on any atom is -0.491 e. The third kappa shape index (κ3) is 3.40. The van der Waals surface area contributed by atoms with Crippen molar-refractivity contribution in [3.05, 3.63) is 59.7 Å². The predicted molar refractivity (Wildman–Crippen MR) is 89.4 cm³/mol. The van der Waals surface area contributed by atoms with Crippen molar-refractivity contribution in [1.82, 2.24) is 10.9 Å². The van der Waals surface area contributed by atoms with Gasteiger partial charge in [0.25, 0.3) is 0 Å². The lowest BCUT2D eigenvalue weighted by Crippen LogP contribution is -2.26. The molecule has 1 aliphatic rings. The zero-order valence-electron chi connectivity index (χ0n) is 13.0. The number of nitrogen functional groups attached to an aromatic ring is 1. The Kier molecular flexibility index (Phi) is 4.32. The smallest absolute Gasteiger partial charge is 0.120 e. The lowest BCUT2D eigenvalue weighted by Gasteiger charge is -2.14. The van der Waals surface area contributed by atoms with E-state index < -0.39 is 0 Å². The first-order valence-electron chi connectivity index (χ1n) is 7.75. The number of hydrogen-bond acceptors (Lipinski definition) is 4. The fourth-order valence-electron chi connectivity index (χ4n) is 2.85. The molecule has 3 rings (SSSR count). The highest BCUT2D eigenvalue weighted by Gasteiger charge is 2.26. The molecule has 0 saturated carbocycles. The Morgan fingerprint density at radius 3 is 2.27 bits per heavy atom. The molecule has 0 amide bonds. The number of anilines is 1. The quantitative estimate of drug-likeness (QED) is 0.758. The Morgan fingerprint density at radius 1 is 1.00 bits per heavy atom. The minimum atomic E-state index is 0.185. The van der Waals surface area contributed by atoms with Crippen molar-refractivity contribution in [2.75, 3.05) is 5.73 Å². The highest BCUT2D eigenvalue weighted by atomic mass is 16.5. The summed E-state index contributed by atoms with van der Waals surface area (Å²) in [6.45, 7) is 4.08. The van der Waals surface area contributed by atoms with E-state index in [9.17, 15) is 0 Å². The normalized spacial score (nSPS) is 21.2.